The fourth-order valence-electron chi connectivity index (χ4n) is 2.76. The molecule has 162 valence electrons. The van der Waals surface area contributed by atoms with E-state index >= 15 is 0 Å². The Morgan fingerprint density at radius 2 is 1.86 bits per heavy atom. The van der Waals surface area contributed by atoms with Crippen LogP contribution >= 0.6 is 24.0 Å². The minimum atomic E-state index is -5.28. The van der Waals surface area contributed by atoms with Gasteiger partial charge in [0.2, 0.25) is 0 Å². The molecule has 0 saturated carbocycles. The van der Waals surface area contributed by atoms with Crippen molar-refractivity contribution in [1.82, 2.24) is 14.9 Å². The molecule has 1 aliphatic rings. The second-order valence-electron chi connectivity index (χ2n) is 6.27. The molecule has 1 fully saturated rings. The third kappa shape index (κ3) is 7.00. The lowest BCUT2D eigenvalue weighted by atomic mass is 10.1. The number of hydrogen-bond acceptors (Lipinski definition) is 4. The Hall–Kier alpha value is -1.59. The number of nitriles is 1. The molecule has 0 spiro atoms. The van der Waals surface area contributed by atoms with Crippen LogP contribution in [0.15, 0.2) is 29.3 Å². The summed E-state index contributed by atoms with van der Waals surface area (Å²) in [5.74, 6) is 0.504. The Morgan fingerprint density at radius 3 is 2.34 bits per heavy atom. The summed E-state index contributed by atoms with van der Waals surface area (Å²) in [7, 11) is -5.28. The number of guanidine groups is 1. The van der Waals surface area contributed by atoms with E-state index in [9.17, 15) is 21.6 Å². The van der Waals surface area contributed by atoms with Crippen molar-refractivity contribution in [3.63, 3.8) is 0 Å². The van der Waals surface area contributed by atoms with Gasteiger partial charge in [-0.05, 0) is 37.5 Å². The molecule has 1 aromatic carbocycles. The Balaban J connectivity index is 0.00000420. The molecule has 1 saturated heterocycles. The third-order valence-electron chi connectivity index (χ3n) is 4.27. The summed E-state index contributed by atoms with van der Waals surface area (Å²) >= 11 is 0. The number of nitrogens with one attached hydrogen (secondary N) is 2. The van der Waals surface area contributed by atoms with Crippen LogP contribution in [0, 0.1) is 11.3 Å². The van der Waals surface area contributed by atoms with Crippen molar-refractivity contribution in [3.05, 3.63) is 35.4 Å². The third-order valence-corrected chi connectivity index (χ3v) is 5.90. The lowest BCUT2D eigenvalue weighted by Gasteiger charge is -2.32. The van der Waals surface area contributed by atoms with Crippen molar-refractivity contribution < 1.29 is 21.6 Å². The van der Waals surface area contributed by atoms with Gasteiger partial charge in [0, 0.05) is 25.7 Å². The van der Waals surface area contributed by atoms with Crippen LogP contribution in [0.3, 0.4) is 0 Å². The number of hydrogen-bond donors (Lipinski definition) is 2. The van der Waals surface area contributed by atoms with Crippen molar-refractivity contribution in [2.45, 2.75) is 37.9 Å². The summed E-state index contributed by atoms with van der Waals surface area (Å²) in [6.07, 6.45) is 0.493. The SMILES string of the molecule is CCNC(=NCc1ccc(C#N)cc1)NC1CCN(S(=O)(=O)C(F)(F)F)CC1.I. The maximum atomic E-state index is 12.6. The first-order valence-corrected chi connectivity index (χ1v) is 10.2. The number of rotatable bonds is 5. The summed E-state index contributed by atoms with van der Waals surface area (Å²) in [6, 6.07) is 8.85. The molecule has 1 aromatic rings. The van der Waals surface area contributed by atoms with Gasteiger partial charge in [-0.25, -0.2) is 13.4 Å². The largest absolute Gasteiger partial charge is 0.511 e. The predicted octanol–water partition coefficient (Wildman–Crippen LogP) is 2.55. The minimum Gasteiger partial charge on any atom is -0.357 e. The van der Waals surface area contributed by atoms with Crippen LogP contribution in [-0.4, -0.2) is 49.9 Å². The highest BCUT2D eigenvalue weighted by atomic mass is 127. The van der Waals surface area contributed by atoms with E-state index in [2.05, 4.69) is 15.6 Å². The van der Waals surface area contributed by atoms with Gasteiger partial charge in [-0.2, -0.15) is 22.7 Å². The van der Waals surface area contributed by atoms with Crippen LogP contribution in [0.4, 0.5) is 13.2 Å². The van der Waals surface area contributed by atoms with Crippen LogP contribution in [0.2, 0.25) is 0 Å². The number of benzene rings is 1. The topological polar surface area (TPSA) is 97.6 Å². The Kier molecular flexibility index (Phi) is 9.63. The van der Waals surface area contributed by atoms with Crippen molar-refractivity contribution in [3.8, 4) is 6.07 Å². The lowest BCUT2D eigenvalue weighted by molar-refractivity contribution is -0.0494. The summed E-state index contributed by atoms with van der Waals surface area (Å²) in [6.45, 7) is 2.45. The first-order valence-electron chi connectivity index (χ1n) is 8.77. The summed E-state index contributed by atoms with van der Waals surface area (Å²) < 4.78 is 61.3. The van der Waals surface area contributed by atoms with Gasteiger partial charge in [0.05, 0.1) is 18.2 Å². The zero-order valence-electron chi connectivity index (χ0n) is 15.7. The summed E-state index contributed by atoms with van der Waals surface area (Å²) in [4.78, 5) is 4.44. The molecule has 0 radical (unpaired) electrons. The highest BCUT2D eigenvalue weighted by molar-refractivity contribution is 14.0. The average molecular weight is 545 g/mol. The number of sulfonamides is 1. The van der Waals surface area contributed by atoms with Gasteiger partial charge >= 0.3 is 15.5 Å². The molecule has 2 rings (SSSR count). The molecular weight excluding hydrogens is 522 g/mol. The molecule has 7 nitrogen and oxygen atoms in total. The number of halogens is 4. The minimum absolute atomic E-state index is 0. The van der Waals surface area contributed by atoms with Crippen LogP contribution in [-0.2, 0) is 16.6 Å². The molecule has 1 aliphatic heterocycles. The van der Waals surface area contributed by atoms with E-state index in [4.69, 9.17) is 5.26 Å². The Labute approximate surface area is 185 Å². The van der Waals surface area contributed by atoms with Crippen LogP contribution < -0.4 is 10.6 Å². The second kappa shape index (κ2) is 11.0. The van der Waals surface area contributed by atoms with Gasteiger partial charge in [-0.15, -0.1) is 24.0 Å². The standard InChI is InChI=1S/C17H22F3N5O2S.HI/c1-2-22-16(23-12-14-5-3-13(11-21)4-6-14)24-15-7-9-25(10-8-15)28(26,27)17(18,19)20;/h3-6,15H,2,7-10,12H2,1H3,(H2,22,23,24);1H. The Morgan fingerprint density at radius 1 is 1.28 bits per heavy atom. The highest BCUT2D eigenvalue weighted by Crippen LogP contribution is 2.28. The molecule has 0 atom stereocenters. The van der Waals surface area contributed by atoms with E-state index in [1.54, 1.807) is 24.3 Å². The fraction of sp³-hybridized carbons (Fsp3) is 0.529. The number of nitrogens with zero attached hydrogens (tertiary/aromatic N) is 3. The fourth-order valence-corrected chi connectivity index (χ4v) is 3.74. The van der Waals surface area contributed by atoms with E-state index < -0.39 is 15.5 Å². The molecule has 0 bridgehead atoms. The number of alkyl halides is 3. The maximum absolute atomic E-state index is 12.6. The van der Waals surface area contributed by atoms with Gasteiger partial charge in [-0.3, -0.25) is 0 Å². The summed E-state index contributed by atoms with van der Waals surface area (Å²) in [5.41, 5.74) is -3.81. The van der Waals surface area contributed by atoms with Gasteiger partial charge in [0.1, 0.15) is 0 Å². The molecule has 2 N–H and O–H groups in total. The van der Waals surface area contributed by atoms with Gasteiger partial charge < -0.3 is 10.6 Å². The van der Waals surface area contributed by atoms with E-state index in [1.807, 2.05) is 13.0 Å². The van der Waals surface area contributed by atoms with Gasteiger partial charge in [0.15, 0.2) is 5.96 Å². The molecule has 1 heterocycles. The zero-order chi connectivity index (χ0) is 20.8. The van der Waals surface area contributed by atoms with Gasteiger partial charge in [0.25, 0.3) is 0 Å². The van der Waals surface area contributed by atoms with Crippen LogP contribution in [0.5, 0.6) is 0 Å². The van der Waals surface area contributed by atoms with E-state index in [1.165, 1.54) is 0 Å². The maximum Gasteiger partial charge on any atom is 0.511 e. The Bertz CT molecular complexity index is 830. The van der Waals surface area contributed by atoms with E-state index in [-0.39, 0.29) is 55.9 Å². The molecular formula is C17H23F3IN5O2S. The monoisotopic (exact) mass is 545 g/mol. The van der Waals surface area contributed by atoms with Crippen LogP contribution in [0.1, 0.15) is 30.9 Å². The molecule has 0 aromatic heterocycles. The average Bonchev–Trinajstić information content (AvgIpc) is 2.66. The predicted molar refractivity (Wildman–Crippen MR) is 114 cm³/mol. The molecule has 12 heteroatoms. The molecule has 0 aliphatic carbocycles. The van der Waals surface area contributed by atoms with Crippen molar-refractivity contribution in [2.24, 2.45) is 4.99 Å². The van der Waals surface area contributed by atoms with E-state index in [0.717, 1.165) is 5.56 Å². The normalized spacial score (nSPS) is 16.6. The molecule has 0 unspecified atom stereocenters. The first-order chi connectivity index (χ1) is 13.2. The van der Waals surface area contributed by atoms with Crippen LogP contribution in [0.25, 0.3) is 0 Å². The first kappa shape index (κ1) is 25.4. The number of aliphatic imine (C=N–C) groups is 1. The number of piperidine rings is 1. The smallest absolute Gasteiger partial charge is 0.357 e. The lowest BCUT2D eigenvalue weighted by Crippen LogP contribution is -2.51. The van der Waals surface area contributed by atoms with Crippen molar-refractivity contribution in [1.29, 1.82) is 5.26 Å². The molecule has 29 heavy (non-hydrogen) atoms. The zero-order valence-corrected chi connectivity index (χ0v) is 18.9. The van der Waals surface area contributed by atoms with Gasteiger partial charge in [-0.1, -0.05) is 12.1 Å². The highest BCUT2D eigenvalue weighted by Gasteiger charge is 2.50. The molecule has 0 amide bonds. The van der Waals surface area contributed by atoms with Crippen molar-refractivity contribution in [2.75, 3.05) is 19.6 Å². The quantitative estimate of drug-likeness (QED) is 0.337. The van der Waals surface area contributed by atoms with E-state index in [0.29, 0.717) is 28.9 Å². The second-order valence-corrected chi connectivity index (χ2v) is 8.20. The summed E-state index contributed by atoms with van der Waals surface area (Å²) in [5, 5.41) is 15.0. The van der Waals surface area contributed by atoms with Crippen molar-refractivity contribution >= 4 is 40.0 Å².